The van der Waals surface area contributed by atoms with Gasteiger partial charge in [0, 0.05) is 12.1 Å². The molecule has 1 heterocycles. The van der Waals surface area contributed by atoms with Crippen molar-refractivity contribution in [3.8, 4) is 0 Å². The lowest BCUT2D eigenvalue weighted by Gasteiger charge is -2.23. The first-order chi connectivity index (χ1) is 6.38. The molecule has 14 heavy (non-hydrogen) atoms. The lowest BCUT2D eigenvalue weighted by molar-refractivity contribution is -0.905. The third-order valence-corrected chi connectivity index (χ3v) is 1.68. The topological polar surface area (TPSA) is 33.0 Å². The molecule has 0 aliphatic rings. The van der Waals surface area contributed by atoms with E-state index in [-0.39, 0.29) is 5.91 Å². The minimum absolute atomic E-state index is 0.0573. The molecule has 0 bridgehead atoms. The number of nitrogens with zero attached hydrogens (tertiary/aromatic N) is 2. The predicted octanol–water partition coefficient (Wildman–Crippen LogP) is -0.138. The number of carbonyl (C=O) groups is 1. The molecular formula is C10H17N3O+2. The Morgan fingerprint density at radius 2 is 1.79 bits per heavy atom. The molecule has 0 saturated heterocycles. The van der Waals surface area contributed by atoms with E-state index in [1.165, 1.54) is 0 Å². The van der Waals surface area contributed by atoms with E-state index in [4.69, 9.17) is 0 Å². The maximum atomic E-state index is 11.6. The summed E-state index contributed by atoms with van der Waals surface area (Å²) in [6.07, 6.45) is 3.70. The zero-order chi connectivity index (χ0) is 10.8. The summed E-state index contributed by atoms with van der Waals surface area (Å²) in [7, 11) is 7.63. The number of nitrogens with one attached hydrogen (secondary N) is 1. The third-order valence-electron chi connectivity index (χ3n) is 1.68. The molecule has 0 aliphatic heterocycles. The quantitative estimate of drug-likeness (QED) is 0.398. The maximum absolute atomic E-state index is 11.6. The van der Waals surface area contributed by atoms with Gasteiger partial charge in [0.25, 0.3) is 5.91 Å². The smallest absolute Gasteiger partial charge is 0.264 e. The van der Waals surface area contributed by atoms with E-state index in [1.54, 1.807) is 12.1 Å². The van der Waals surface area contributed by atoms with Crippen molar-refractivity contribution in [1.82, 2.24) is 5.43 Å². The average Bonchev–Trinajstić information content (AvgIpc) is 2.02. The summed E-state index contributed by atoms with van der Waals surface area (Å²) in [4.78, 5) is 11.6. The molecule has 0 saturated carbocycles. The molecular weight excluding hydrogens is 178 g/mol. The fourth-order valence-electron chi connectivity index (χ4n) is 1.02. The molecule has 4 heteroatoms. The fraction of sp³-hybridized carbons (Fsp3) is 0.400. The van der Waals surface area contributed by atoms with Gasteiger partial charge in [-0.2, -0.15) is 5.43 Å². The first-order valence-corrected chi connectivity index (χ1v) is 4.48. The Bertz CT molecular complexity index is 324. The molecule has 0 unspecified atom stereocenters. The van der Waals surface area contributed by atoms with Crippen LogP contribution in [0.25, 0.3) is 0 Å². The molecule has 76 valence electrons. The summed E-state index contributed by atoms with van der Waals surface area (Å²) in [6, 6.07) is 3.59. The van der Waals surface area contributed by atoms with Crippen molar-refractivity contribution in [3.05, 3.63) is 30.1 Å². The van der Waals surface area contributed by atoms with E-state index in [0.717, 1.165) is 0 Å². The first-order valence-electron chi connectivity index (χ1n) is 4.48. The lowest BCUT2D eigenvalue weighted by atomic mass is 10.2. The Morgan fingerprint density at radius 1 is 1.29 bits per heavy atom. The zero-order valence-corrected chi connectivity index (χ0v) is 9.11. The number of hydrogen-bond acceptors (Lipinski definition) is 1. The van der Waals surface area contributed by atoms with Crippen LogP contribution in [0, 0.1) is 0 Å². The van der Waals surface area contributed by atoms with Gasteiger partial charge in [-0.3, -0.25) is 4.79 Å². The fourth-order valence-corrected chi connectivity index (χ4v) is 1.02. The lowest BCUT2D eigenvalue weighted by Crippen LogP contribution is -2.51. The first kappa shape index (κ1) is 10.7. The highest BCUT2D eigenvalue weighted by atomic mass is 16.2. The minimum atomic E-state index is -0.0573. The van der Waals surface area contributed by atoms with Crippen LogP contribution >= 0.6 is 0 Å². The Labute approximate surface area is 84.3 Å². The van der Waals surface area contributed by atoms with E-state index in [0.29, 0.717) is 10.2 Å². The number of pyridine rings is 1. The van der Waals surface area contributed by atoms with Gasteiger partial charge in [-0.25, -0.2) is 9.16 Å². The number of aromatic nitrogens is 1. The van der Waals surface area contributed by atoms with Crippen LogP contribution in [0.3, 0.4) is 0 Å². The molecule has 0 fully saturated rings. The predicted molar refractivity (Wildman–Crippen MR) is 53.1 cm³/mol. The van der Waals surface area contributed by atoms with E-state index in [1.807, 2.05) is 45.2 Å². The maximum Gasteiger partial charge on any atom is 0.296 e. The Morgan fingerprint density at radius 3 is 2.21 bits per heavy atom. The molecule has 1 rings (SSSR count). The van der Waals surface area contributed by atoms with Gasteiger partial charge in [-0.1, -0.05) is 0 Å². The largest absolute Gasteiger partial charge is 0.296 e. The molecule has 1 aromatic rings. The summed E-state index contributed by atoms with van der Waals surface area (Å²) in [5, 5.41) is 0. The summed E-state index contributed by atoms with van der Waals surface area (Å²) in [5.74, 6) is -0.0573. The second kappa shape index (κ2) is 3.75. The number of hydrogen-bond donors (Lipinski definition) is 1. The number of amides is 1. The summed E-state index contributed by atoms with van der Waals surface area (Å²) < 4.78 is 2.31. The van der Waals surface area contributed by atoms with Crippen molar-refractivity contribution in [2.75, 3.05) is 21.1 Å². The van der Waals surface area contributed by atoms with Crippen molar-refractivity contribution < 1.29 is 14.0 Å². The van der Waals surface area contributed by atoms with Crippen LogP contribution in [-0.2, 0) is 7.05 Å². The van der Waals surface area contributed by atoms with Crippen molar-refractivity contribution in [2.45, 2.75) is 0 Å². The van der Waals surface area contributed by atoms with Crippen LogP contribution in [-0.4, -0.2) is 31.6 Å². The summed E-state index contributed by atoms with van der Waals surface area (Å²) in [5.41, 5.74) is 3.52. The molecule has 1 aromatic heterocycles. The molecule has 1 N–H and O–H groups in total. The Balaban J connectivity index is 2.76. The Kier molecular flexibility index (Phi) is 2.86. The van der Waals surface area contributed by atoms with Gasteiger partial charge in [-0.05, 0) is 0 Å². The highest BCUT2D eigenvalue weighted by Gasteiger charge is 2.14. The van der Waals surface area contributed by atoms with Crippen LogP contribution in [0.5, 0.6) is 0 Å². The van der Waals surface area contributed by atoms with Gasteiger partial charge in [0.05, 0.1) is 26.7 Å². The standard InChI is InChI=1S/C10H16N3O/c1-12-7-5-9(6-8-12)10(14)11-13(2,3)4/h5-8H,1-4H3/q+1/p+1. The van der Waals surface area contributed by atoms with Gasteiger partial charge >= 0.3 is 0 Å². The molecule has 0 aliphatic carbocycles. The van der Waals surface area contributed by atoms with Crippen molar-refractivity contribution >= 4 is 5.91 Å². The van der Waals surface area contributed by atoms with Crippen LogP contribution in [0.4, 0.5) is 0 Å². The monoisotopic (exact) mass is 195 g/mol. The highest BCUT2D eigenvalue weighted by Crippen LogP contribution is 1.96. The van der Waals surface area contributed by atoms with Gasteiger partial charge in [0.15, 0.2) is 12.4 Å². The van der Waals surface area contributed by atoms with Crippen molar-refractivity contribution in [1.29, 1.82) is 0 Å². The molecule has 4 nitrogen and oxygen atoms in total. The summed E-state index contributed by atoms with van der Waals surface area (Å²) >= 11 is 0. The van der Waals surface area contributed by atoms with Gasteiger partial charge in [0.2, 0.25) is 0 Å². The van der Waals surface area contributed by atoms with Gasteiger partial charge < -0.3 is 0 Å². The van der Waals surface area contributed by atoms with Gasteiger partial charge in [0.1, 0.15) is 7.05 Å². The number of rotatable bonds is 2. The van der Waals surface area contributed by atoms with Crippen LogP contribution in [0.2, 0.25) is 0 Å². The van der Waals surface area contributed by atoms with E-state index < -0.39 is 0 Å². The van der Waals surface area contributed by atoms with E-state index in [2.05, 4.69) is 5.43 Å². The van der Waals surface area contributed by atoms with E-state index >= 15 is 0 Å². The second-order valence-corrected chi connectivity index (χ2v) is 4.21. The number of aryl methyl sites for hydroxylation is 1. The van der Waals surface area contributed by atoms with Crippen LogP contribution < -0.4 is 9.99 Å². The molecule has 1 amide bonds. The van der Waals surface area contributed by atoms with Crippen LogP contribution in [0.1, 0.15) is 10.4 Å². The van der Waals surface area contributed by atoms with Gasteiger partial charge in [-0.15, -0.1) is 0 Å². The molecule has 0 radical (unpaired) electrons. The minimum Gasteiger partial charge on any atom is -0.264 e. The third kappa shape index (κ3) is 3.14. The zero-order valence-electron chi connectivity index (χ0n) is 9.11. The van der Waals surface area contributed by atoms with Crippen LogP contribution in [0.15, 0.2) is 24.5 Å². The Hall–Kier alpha value is -1.42. The molecule has 0 spiro atoms. The summed E-state index contributed by atoms with van der Waals surface area (Å²) in [6.45, 7) is 0. The highest BCUT2D eigenvalue weighted by molar-refractivity contribution is 5.93. The van der Waals surface area contributed by atoms with E-state index in [9.17, 15) is 4.79 Å². The normalized spacial score (nSPS) is 11.1. The second-order valence-electron chi connectivity index (χ2n) is 4.21. The number of carbonyl (C=O) groups excluding carboxylic acids is 1. The van der Waals surface area contributed by atoms with Crippen molar-refractivity contribution in [2.24, 2.45) is 7.05 Å². The molecule has 0 aromatic carbocycles. The SMILES string of the molecule is C[n+]1ccc(C(=O)N[N+](C)(C)C)cc1. The van der Waals surface area contributed by atoms with Crippen molar-refractivity contribution in [3.63, 3.8) is 0 Å². The average molecular weight is 195 g/mol. The number of quaternary nitrogens is 1. The molecule has 0 atom stereocenters.